The average Bonchev–Trinajstić information content (AvgIpc) is 1.60. The largest absolute Gasteiger partial charge is 0.486 e. The molecule has 1 saturated heterocycles. The summed E-state index contributed by atoms with van der Waals surface area (Å²) in [7, 11) is -0.152. The van der Waals surface area contributed by atoms with Crippen LogP contribution in [0.1, 0.15) is 231 Å². The number of carbonyl (C=O) groups excluding carboxylic acids is 6. The third-order valence-corrected chi connectivity index (χ3v) is 26.9. The average molecular weight is 1800 g/mol. The molecule has 8 aliphatic carbocycles. The second-order valence-electron chi connectivity index (χ2n) is 35.8. The molecular weight excluding hydrogens is 1680 g/mol. The number of amides is 4. The molecule has 9 aliphatic rings. The number of hydrogen-bond acceptors (Lipinski definition) is 13. The number of ether oxygens (including phenoxy) is 2. The van der Waals surface area contributed by atoms with E-state index in [1.165, 1.54) is 51.4 Å². The van der Waals surface area contributed by atoms with E-state index < -0.39 is 34.1 Å². The number of allylic oxidation sites excluding steroid dienone is 3. The van der Waals surface area contributed by atoms with Crippen molar-refractivity contribution in [2.75, 3.05) is 19.8 Å². The lowest BCUT2D eigenvalue weighted by atomic mass is 9.89. The summed E-state index contributed by atoms with van der Waals surface area (Å²) in [6, 6.07) is 53.9. The van der Waals surface area contributed by atoms with E-state index in [-0.39, 0.29) is 73.7 Å². The van der Waals surface area contributed by atoms with E-state index in [1.807, 2.05) is 191 Å². The summed E-state index contributed by atoms with van der Waals surface area (Å²) in [5.41, 5.74) is 12.6. The first-order chi connectivity index (χ1) is 59.8. The molecule has 0 aromatic heterocycles. The molecule has 656 valence electrons. The Hall–Kier alpha value is -10.6. The second kappa shape index (κ2) is 40.8. The zero-order valence-corrected chi connectivity index (χ0v) is 76.1. The molecule has 1 aliphatic heterocycles. The highest BCUT2D eigenvalue weighted by Gasteiger charge is 2.52. The minimum absolute atomic E-state index is 0.152. The second-order valence-corrected chi connectivity index (χ2v) is 36.9. The summed E-state index contributed by atoms with van der Waals surface area (Å²) in [4.78, 5) is 102. The van der Waals surface area contributed by atoms with E-state index >= 15 is 0 Å². The molecule has 1 heterocycles. The van der Waals surface area contributed by atoms with Gasteiger partial charge in [0.15, 0.2) is 0 Å². The van der Waals surface area contributed by atoms with Crippen LogP contribution in [0.4, 0.5) is 0 Å². The molecule has 0 atom stereocenters. The molecule has 125 heavy (non-hydrogen) atoms. The van der Waals surface area contributed by atoms with Crippen molar-refractivity contribution in [3.05, 3.63) is 303 Å². The molecular formula is C104H120BIN4O15. The van der Waals surface area contributed by atoms with Gasteiger partial charge >= 0.3 is 31.0 Å². The molecule has 8 aromatic rings. The zero-order valence-electron chi connectivity index (χ0n) is 74.0. The predicted molar refractivity (Wildman–Crippen MR) is 497 cm³/mol. The number of carbonyl (C=O) groups is 8. The Kier molecular flexibility index (Phi) is 30.5. The molecule has 17 rings (SSSR count). The van der Waals surface area contributed by atoms with Crippen molar-refractivity contribution in [1.82, 2.24) is 21.3 Å². The first-order valence-electron chi connectivity index (χ1n) is 44.2. The predicted octanol–water partition coefficient (Wildman–Crippen LogP) is 17.7. The number of nitrogens with one attached hydrogen (secondary N) is 4. The van der Waals surface area contributed by atoms with E-state index in [1.54, 1.807) is 32.9 Å². The number of rotatable bonds is 23. The topological polar surface area (TPSA) is 282 Å². The van der Waals surface area contributed by atoms with Gasteiger partial charge in [-0.25, -0.2) is 19.2 Å². The summed E-state index contributed by atoms with van der Waals surface area (Å²) in [6.07, 6.45) is 25.7. The number of carboxylic acid groups (broad SMARTS) is 2. The van der Waals surface area contributed by atoms with Gasteiger partial charge in [0.1, 0.15) is 22.2 Å². The molecule has 5 fully saturated rings. The number of aliphatic hydroxyl groups is 1. The molecule has 4 saturated carbocycles. The molecule has 0 spiro atoms. The van der Waals surface area contributed by atoms with Gasteiger partial charge in [-0.2, -0.15) is 0 Å². The van der Waals surface area contributed by atoms with Crippen LogP contribution in [0.25, 0.3) is 12.2 Å². The standard InChI is InChI=1S/C25H27NO3.C23H25NO3.C23H23NO3.C20H20INO3.C11H19BO2.C2H6O/c1-3-29-24(28)25(15-19-8-4-5-9-20(19)16-25)26-23(27)22-10-6-7-17(2)21(22)14-13-18-11-12-18;2*1-15-5-4-8-20(19(15)12-11-16-9-10-16)21(25)24-23(22(26)27)13-17-6-2-3-7-18(17)14-23;1-3-25-19(24)20(11-14-8-4-5-9-15(14)12-20)22-18(23)16-10-6-7-13(2)17(16)21;1-10(2)11(3,4)14-12(13-10)8-7-9-5-6-9;1-2-3/h4-10,13-14,18H,3,11-12,15-16H2,1-2H3,(H,26,27);2-8,16H,9-14H2,1H3,(H,24,25)(H,26,27);2-8,11-12,16H,9-10,13-14H2,1H3,(H,24,25)(H,26,27);4-10H,3,11-12H2,1-2H3,(H,22,23);7-9H,5-6H2,1-4H3;3H,2H2,1H3/b14-13+;;12-11+;;8-7+;. The highest BCUT2D eigenvalue weighted by atomic mass is 127. The Balaban J connectivity index is 0.000000143. The molecule has 0 radical (unpaired) electrons. The number of hydrogen-bond donors (Lipinski definition) is 7. The van der Waals surface area contributed by atoms with Crippen molar-refractivity contribution in [3.8, 4) is 0 Å². The first kappa shape index (κ1) is 93.6. The monoisotopic (exact) mass is 1800 g/mol. The van der Waals surface area contributed by atoms with E-state index in [4.69, 9.17) is 23.9 Å². The summed E-state index contributed by atoms with van der Waals surface area (Å²) in [6.45, 7) is 22.4. The Morgan fingerprint density at radius 1 is 0.408 bits per heavy atom. The van der Waals surface area contributed by atoms with Gasteiger partial charge in [-0.05, 0) is 282 Å². The summed E-state index contributed by atoms with van der Waals surface area (Å²) in [5.74, 6) is 1.08. The van der Waals surface area contributed by atoms with Crippen molar-refractivity contribution in [2.45, 2.75) is 225 Å². The fourth-order valence-corrected chi connectivity index (χ4v) is 17.5. The number of fused-ring (bicyclic) bond motifs is 4. The molecule has 21 heteroatoms. The van der Waals surface area contributed by atoms with Crippen molar-refractivity contribution in [2.24, 2.45) is 23.7 Å². The fraction of sp³-hybridized carbons (Fsp3) is 0.404. The Labute approximate surface area is 750 Å². The summed E-state index contributed by atoms with van der Waals surface area (Å²) in [5, 5.41) is 39.2. The van der Waals surface area contributed by atoms with Crippen LogP contribution >= 0.6 is 22.6 Å². The van der Waals surface area contributed by atoms with Gasteiger partial charge in [-0.1, -0.05) is 195 Å². The maximum atomic E-state index is 13.3. The van der Waals surface area contributed by atoms with Crippen molar-refractivity contribution in [3.63, 3.8) is 0 Å². The van der Waals surface area contributed by atoms with Crippen molar-refractivity contribution in [1.29, 1.82) is 0 Å². The minimum Gasteiger partial charge on any atom is -0.479 e. The lowest BCUT2D eigenvalue weighted by Crippen LogP contribution is -2.56. The van der Waals surface area contributed by atoms with Crippen LogP contribution in [0.3, 0.4) is 0 Å². The SMILES string of the molecule is CC1(C)OB(/C=C/C2CC2)OC1(C)C.CCO.CCOC(=O)C1(NC(=O)c2cccc(C)c2/C=C/C2CC2)Cc2ccccc2C1.CCOC(=O)C1(NC(=O)c2cccc(C)c2I)Cc2ccccc2C1.Cc1cccc(C(=O)NC2(C(=O)O)Cc3ccccc3C2)c1/C=C/C1CC1.Cc1cccc(C(=O)NC2(C(=O)O)Cc3ccccc3C2)c1CCC1CC1. The van der Waals surface area contributed by atoms with Gasteiger partial charge in [-0.15, -0.1) is 0 Å². The Morgan fingerprint density at radius 2 is 0.704 bits per heavy atom. The van der Waals surface area contributed by atoms with Crippen LogP contribution in [0.5, 0.6) is 0 Å². The fourth-order valence-electron chi connectivity index (χ4n) is 16.9. The minimum atomic E-state index is -1.29. The number of aliphatic hydroxyl groups excluding tert-OH is 1. The maximum absolute atomic E-state index is 13.3. The number of halogens is 1. The molecule has 0 bridgehead atoms. The smallest absolute Gasteiger partial charge is 0.479 e. The molecule has 4 amide bonds. The molecule has 7 N–H and O–H groups in total. The van der Waals surface area contributed by atoms with E-state index in [2.05, 4.69) is 102 Å². The van der Waals surface area contributed by atoms with Crippen LogP contribution in [0.15, 0.2) is 194 Å². The Bertz CT molecular complexity index is 5280. The number of aryl methyl sites for hydroxylation is 4. The van der Waals surface area contributed by atoms with E-state index in [0.717, 1.165) is 112 Å². The lowest BCUT2D eigenvalue weighted by molar-refractivity contribution is -0.151. The number of carboxylic acids is 2. The summed E-state index contributed by atoms with van der Waals surface area (Å²) < 4.78 is 23.2. The van der Waals surface area contributed by atoms with Crippen LogP contribution < -0.4 is 21.3 Å². The molecule has 0 unspecified atom stereocenters. The van der Waals surface area contributed by atoms with Crippen LogP contribution in [0.2, 0.25) is 0 Å². The van der Waals surface area contributed by atoms with E-state index in [0.29, 0.717) is 85.5 Å². The molecule has 8 aromatic carbocycles. The van der Waals surface area contributed by atoms with Crippen molar-refractivity contribution >= 4 is 89.4 Å². The quantitative estimate of drug-likeness (QED) is 0.0178. The highest BCUT2D eigenvalue weighted by Crippen LogP contribution is 2.42. The van der Waals surface area contributed by atoms with Gasteiger partial charge in [-0.3, -0.25) is 19.2 Å². The van der Waals surface area contributed by atoms with Crippen molar-refractivity contribution < 1.29 is 72.5 Å². The zero-order chi connectivity index (χ0) is 89.6. The van der Waals surface area contributed by atoms with Gasteiger partial charge < -0.3 is 55.4 Å². The first-order valence-corrected chi connectivity index (χ1v) is 45.3. The third-order valence-electron chi connectivity index (χ3n) is 25.5. The van der Waals surface area contributed by atoms with E-state index in [9.17, 15) is 48.6 Å². The summed E-state index contributed by atoms with van der Waals surface area (Å²) >= 11 is 2.17. The third kappa shape index (κ3) is 23.2. The van der Waals surface area contributed by atoms with Gasteiger partial charge in [0.25, 0.3) is 23.6 Å². The number of aliphatic carboxylic acids is 2. The van der Waals surface area contributed by atoms with Gasteiger partial charge in [0.05, 0.1) is 30.0 Å². The van der Waals surface area contributed by atoms with Crippen LogP contribution in [-0.4, -0.2) is 123 Å². The molecule has 19 nitrogen and oxygen atoms in total. The maximum Gasteiger partial charge on any atom is 0.486 e. The lowest BCUT2D eigenvalue weighted by Gasteiger charge is -2.32. The van der Waals surface area contributed by atoms with Gasteiger partial charge in [0.2, 0.25) is 0 Å². The Morgan fingerprint density at radius 3 is 1.04 bits per heavy atom. The number of benzene rings is 8. The van der Waals surface area contributed by atoms with Gasteiger partial charge in [0, 0.05) is 78.2 Å². The number of esters is 2. The normalized spacial score (nSPS) is 18.0. The van der Waals surface area contributed by atoms with Crippen LogP contribution in [-0.2, 0) is 95.7 Å². The highest BCUT2D eigenvalue weighted by molar-refractivity contribution is 14.1. The van der Waals surface area contributed by atoms with Crippen LogP contribution in [0, 0.1) is 54.9 Å².